The normalized spacial score (nSPS) is 11.7. The van der Waals surface area contributed by atoms with Crippen LogP contribution in [0.25, 0.3) is 0 Å². The maximum Gasteiger partial charge on any atom is 0.416 e. The number of hydrogen-bond acceptors (Lipinski definition) is 3. The molecule has 1 aromatic carbocycles. The van der Waals surface area contributed by atoms with Gasteiger partial charge in [0.15, 0.2) is 5.78 Å². The highest BCUT2D eigenvalue weighted by Gasteiger charge is 2.31. The quantitative estimate of drug-likeness (QED) is 0.624. The summed E-state index contributed by atoms with van der Waals surface area (Å²) in [5.74, 6) is -0.512. The molecule has 0 saturated carbocycles. The molecule has 6 heteroatoms. The number of benzene rings is 1. The van der Waals surface area contributed by atoms with Gasteiger partial charge in [0.1, 0.15) is 5.75 Å². The molecule has 3 nitrogen and oxygen atoms in total. The lowest BCUT2D eigenvalue weighted by molar-refractivity contribution is -0.137. The Balaban J connectivity index is 3.13. The first-order valence-electron chi connectivity index (χ1n) is 5.40. The van der Waals surface area contributed by atoms with Crippen LogP contribution in [0.5, 0.6) is 5.75 Å². The molecular weight excluding hydrogens is 259 g/mol. The number of carbonyl (C=O) groups excluding carboxylic acids is 1. The lowest BCUT2D eigenvalue weighted by atomic mass is 10.1. The van der Waals surface area contributed by atoms with Crippen molar-refractivity contribution in [2.24, 2.45) is 0 Å². The largest absolute Gasteiger partial charge is 0.496 e. The number of hydrogen-bond donors (Lipinski definition) is 0. The second-order valence-corrected chi connectivity index (χ2v) is 4.06. The Labute approximate surface area is 109 Å². The first-order valence-corrected chi connectivity index (χ1v) is 5.40. The fraction of sp³-hybridized carbons (Fsp3) is 0.308. The zero-order chi connectivity index (χ0) is 14.6. The minimum atomic E-state index is -4.46. The van der Waals surface area contributed by atoms with Gasteiger partial charge in [-0.1, -0.05) is 0 Å². The first-order chi connectivity index (χ1) is 8.75. The van der Waals surface area contributed by atoms with Gasteiger partial charge in [-0.3, -0.25) is 4.79 Å². The SMILES string of the molecule is COc1cc(C(F)(F)F)ccc1C(=O)C=CN(C)C. The van der Waals surface area contributed by atoms with E-state index < -0.39 is 17.5 Å². The minimum absolute atomic E-state index is 0.0913. The van der Waals surface area contributed by atoms with Crippen LogP contribution in [-0.2, 0) is 6.18 Å². The highest BCUT2D eigenvalue weighted by molar-refractivity contribution is 6.06. The molecule has 0 aliphatic rings. The Morgan fingerprint density at radius 1 is 1.32 bits per heavy atom. The molecule has 0 unspecified atom stereocenters. The van der Waals surface area contributed by atoms with Crippen LogP contribution >= 0.6 is 0 Å². The fourth-order valence-electron chi connectivity index (χ4n) is 1.38. The van der Waals surface area contributed by atoms with E-state index >= 15 is 0 Å². The Bertz CT molecular complexity index is 493. The van der Waals surface area contributed by atoms with Crippen LogP contribution in [0.2, 0.25) is 0 Å². The third-order valence-corrected chi connectivity index (χ3v) is 2.32. The van der Waals surface area contributed by atoms with Crippen molar-refractivity contribution in [3.63, 3.8) is 0 Å². The minimum Gasteiger partial charge on any atom is -0.496 e. The molecule has 104 valence electrons. The maximum absolute atomic E-state index is 12.5. The predicted octanol–water partition coefficient (Wildman–Crippen LogP) is 2.97. The van der Waals surface area contributed by atoms with Gasteiger partial charge in [-0.25, -0.2) is 0 Å². The summed E-state index contributed by atoms with van der Waals surface area (Å²) in [6.45, 7) is 0. The predicted molar refractivity (Wildman–Crippen MR) is 65.2 cm³/mol. The first kappa shape index (κ1) is 15.1. The molecule has 0 amide bonds. The molecule has 1 rings (SSSR count). The molecule has 0 N–H and O–H groups in total. The molecule has 0 atom stereocenters. The Morgan fingerprint density at radius 2 is 1.95 bits per heavy atom. The number of allylic oxidation sites excluding steroid dienone is 1. The van der Waals surface area contributed by atoms with Crippen molar-refractivity contribution >= 4 is 5.78 Å². The summed E-state index contributed by atoms with van der Waals surface area (Å²) >= 11 is 0. The lowest BCUT2D eigenvalue weighted by Gasteiger charge is -2.11. The summed E-state index contributed by atoms with van der Waals surface area (Å²) in [6, 6.07) is 2.79. The van der Waals surface area contributed by atoms with Gasteiger partial charge in [0, 0.05) is 26.4 Å². The van der Waals surface area contributed by atoms with Gasteiger partial charge >= 0.3 is 6.18 Å². The molecule has 0 radical (unpaired) electrons. The average molecular weight is 273 g/mol. The van der Waals surface area contributed by atoms with E-state index in [1.165, 1.54) is 19.4 Å². The van der Waals surface area contributed by atoms with Gasteiger partial charge < -0.3 is 9.64 Å². The summed E-state index contributed by atoms with van der Waals surface area (Å²) in [6.07, 6.45) is -1.68. The van der Waals surface area contributed by atoms with E-state index in [4.69, 9.17) is 4.74 Å². The van der Waals surface area contributed by atoms with Crippen LogP contribution in [0, 0.1) is 0 Å². The van der Waals surface area contributed by atoms with Crippen LogP contribution in [0.1, 0.15) is 15.9 Å². The monoisotopic (exact) mass is 273 g/mol. The number of nitrogens with zero attached hydrogens (tertiary/aromatic N) is 1. The average Bonchev–Trinajstić information content (AvgIpc) is 2.33. The molecule has 1 aromatic rings. The highest BCUT2D eigenvalue weighted by Crippen LogP contribution is 2.33. The Morgan fingerprint density at radius 3 is 2.42 bits per heavy atom. The van der Waals surface area contributed by atoms with Gasteiger partial charge in [0.2, 0.25) is 0 Å². The van der Waals surface area contributed by atoms with Crippen molar-refractivity contribution in [3.05, 3.63) is 41.6 Å². The third kappa shape index (κ3) is 4.01. The summed E-state index contributed by atoms with van der Waals surface area (Å²) in [7, 11) is 4.68. The van der Waals surface area contributed by atoms with Crippen molar-refractivity contribution < 1.29 is 22.7 Å². The molecule has 0 saturated heterocycles. The van der Waals surface area contributed by atoms with Crippen LogP contribution < -0.4 is 4.74 Å². The molecule has 19 heavy (non-hydrogen) atoms. The molecule has 0 aromatic heterocycles. The summed E-state index contributed by atoms with van der Waals surface area (Å²) in [5, 5.41) is 0. The van der Waals surface area contributed by atoms with E-state index in [9.17, 15) is 18.0 Å². The fourth-order valence-corrected chi connectivity index (χ4v) is 1.38. The number of carbonyl (C=O) groups is 1. The lowest BCUT2D eigenvalue weighted by Crippen LogP contribution is -2.08. The van der Waals surface area contributed by atoms with Crippen LogP contribution in [0.3, 0.4) is 0 Å². The van der Waals surface area contributed by atoms with E-state index in [1.807, 2.05) is 0 Å². The summed E-state index contributed by atoms with van der Waals surface area (Å²) < 4.78 is 42.4. The molecule has 0 aliphatic carbocycles. The van der Waals surface area contributed by atoms with Gasteiger partial charge in [0.25, 0.3) is 0 Å². The highest BCUT2D eigenvalue weighted by atomic mass is 19.4. The number of alkyl halides is 3. The molecule has 0 fully saturated rings. The second kappa shape index (κ2) is 5.77. The van der Waals surface area contributed by atoms with E-state index in [0.29, 0.717) is 0 Å². The van der Waals surface area contributed by atoms with Gasteiger partial charge in [-0.2, -0.15) is 13.2 Å². The Hall–Kier alpha value is -1.98. The standard InChI is InChI=1S/C13H14F3NO2/c1-17(2)7-6-11(18)10-5-4-9(13(14,15)16)8-12(10)19-3/h4-8H,1-3H3. The van der Waals surface area contributed by atoms with E-state index in [-0.39, 0.29) is 11.3 Å². The number of ketones is 1. The van der Waals surface area contributed by atoms with Crippen LogP contribution in [0.15, 0.2) is 30.5 Å². The molecule has 0 aliphatic heterocycles. The van der Waals surface area contributed by atoms with Gasteiger partial charge in [-0.15, -0.1) is 0 Å². The number of ether oxygens (including phenoxy) is 1. The van der Waals surface area contributed by atoms with Crippen LogP contribution in [0.4, 0.5) is 13.2 Å². The number of rotatable bonds is 4. The summed E-state index contributed by atoms with van der Waals surface area (Å²) in [4.78, 5) is 13.5. The number of methoxy groups -OCH3 is 1. The smallest absolute Gasteiger partial charge is 0.416 e. The maximum atomic E-state index is 12.5. The van der Waals surface area contributed by atoms with Crippen LogP contribution in [-0.4, -0.2) is 31.9 Å². The topological polar surface area (TPSA) is 29.5 Å². The summed E-state index contributed by atoms with van der Waals surface area (Å²) in [5.41, 5.74) is -0.758. The molecule has 0 spiro atoms. The Kier molecular flexibility index (Phi) is 4.58. The van der Waals surface area contributed by atoms with Gasteiger partial charge in [0.05, 0.1) is 18.2 Å². The zero-order valence-electron chi connectivity index (χ0n) is 10.8. The van der Waals surface area contributed by atoms with E-state index in [1.54, 1.807) is 19.0 Å². The van der Waals surface area contributed by atoms with Gasteiger partial charge in [-0.05, 0) is 18.2 Å². The molecule has 0 heterocycles. The zero-order valence-corrected chi connectivity index (χ0v) is 10.8. The van der Waals surface area contributed by atoms with Crippen molar-refractivity contribution in [1.82, 2.24) is 4.90 Å². The molecular formula is C13H14F3NO2. The van der Waals surface area contributed by atoms with E-state index in [0.717, 1.165) is 18.2 Å². The molecule has 0 bridgehead atoms. The van der Waals surface area contributed by atoms with E-state index in [2.05, 4.69) is 0 Å². The van der Waals surface area contributed by atoms with Crippen molar-refractivity contribution in [1.29, 1.82) is 0 Å². The van der Waals surface area contributed by atoms with Crippen molar-refractivity contribution in [2.45, 2.75) is 6.18 Å². The van der Waals surface area contributed by atoms with Crippen molar-refractivity contribution in [2.75, 3.05) is 21.2 Å². The number of halogens is 3. The third-order valence-electron chi connectivity index (χ3n) is 2.32. The second-order valence-electron chi connectivity index (χ2n) is 4.06. The van der Waals surface area contributed by atoms with Crippen molar-refractivity contribution in [3.8, 4) is 5.75 Å².